The van der Waals surface area contributed by atoms with E-state index < -0.39 is 49.5 Å². The highest BCUT2D eigenvalue weighted by molar-refractivity contribution is 5.76. The zero-order valence-electron chi connectivity index (χ0n) is 41.6. The molecule has 0 radical (unpaired) electrons. The van der Waals surface area contributed by atoms with Crippen molar-refractivity contribution in [1.29, 1.82) is 0 Å². The second-order valence-corrected chi connectivity index (χ2v) is 19.7. The molecule has 1 amide bonds. The van der Waals surface area contributed by atoms with Crippen LogP contribution in [-0.2, 0) is 14.3 Å². The maximum atomic E-state index is 13.0. The molecule has 0 aromatic heterocycles. The van der Waals surface area contributed by atoms with Gasteiger partial charge in [-0.15, -0.1) is 0 Å². The maximum absolute atomic E-state index is 13.0. The smallest absolute Gasteiger partial charge is 0.220 e. The summed E-state index contributed by atoms with van der Waals surface area (Å²) in [7, 11) is 0. The Hall–Kier alpha value is -0.810. The van der Waals surface area contributed by atoms with Crippen molar-refractivity contribution in [1.82, 2.24) is 5.32 Å². The van der Waals surface area contributed by atoms with Crippen LogP contribution < -0.4 is 5.32 Å². The van der Waals surface area contributed by atoms with Gasteiger partial charge in [0.15, 0.2) is 6.29 Å². The van der Waals surface area contributed by atoms with Crippen molar-refractivity contribution in [2.75, 3.05) is 13.2 Å². The monoisotopic (exact) mass is 898 g/mol. The highest BCUT2D eigenvalue weighted by Gasteiger charge is 2.44. The van der Waals surface area contributed by atoms with Gasteiger partial charge < -0.3 is 40.3 Å². The lowest BCUT2D eigenvalue weighted by Gasteiger charge is -2.40. The van der Waals surface area contributed by atoms with E-state index in [1.54, 1.807) is 0 Å². The molecule has 0 aromatic rings. The lowest BCUT2D eigenvalue weighted by atomic mass is 9.99. The first kappa shape index (κ1) is 60.2. The number of unbranched alkanes of at least 4 members (excludes halogenated alkanes) is 38. The number of aliphatic hydroxyl groups excluding tert-OH is 5. The van der Waals surface area contributed by atoms with Crippen LogP contribution in [0, 0.1) is 0 Å². The Morgan fingerprint density at radius 2 is 0.794 bits per heavy atom. The quantitative estimate of drug-likeness (QED) is 0.0331. The van der Waals surface area contributed by atoms with Crippen LogP contribution >= 0.6 is 0 Å². The highest BCUT2D eigenvalue weighted by Crippen LogP contribution is 2.23. The Balaban J connectivity index is 2.18. The largest absolute Gasteiger partial charge is 0.394 e. The molecule has 1 aliphatic rings. The second-order valence-electron chi connectivity index (χ2n) is 19.7. The van der Waals surface area contributed by atoms with Crippen LogP contribution in [0.2, 0.25) is 0 Å². The lowest BCUT2D eigenvalue weighted by Crippen LogP contribution is -2.60. The number of nitrogens with one attached hydrogen (secondary N) is 1. The summed E-state index contributed by atoms with van der Waals surface area (Å²) in [4.78, 5) is 13.0. The van der Waals surface area contributed by atoms with Gasteiger partial charge in [0.25, 0.3) is 0 Å². The maximum Gasteiger partial charge on any atom is 0.220 e. The molecule has 1 fully saturated rings. The molecule has 9 heteroatoms. The summed E-state index contributed by atoms with van der Waals surface area (Å²) in [5.74, 6) is -0.137. The Morgan fingerprint density at radius 3 is 1.13 bits per heavy atom. The fourth-order valence-electron chi connectivity index (χ4n) is 9.28. The van der Waals surface area contributed by atoms with E-state index in [4.69, 9.17) is 9.47 Å². The number of aliphatic hydroxyl groups is 5. The number of rotatable bonds is 48. The van der Waals surface area contributed by atoms with Crippen molar-refractivity contribution in [3.05, 3.63) is 0 Å². The minimum Gasteiger partial charge on any atom is -0.394 e. The van der Waals surface area contributed by atoms with Crippen molar-refractivity contribution in [2.24, 2.45) is 0 Å². The predicted molar refractivity (Wildman–Crippen MR) is 263 cm³/mol. The SMILES string of the molecule is CCCCCCCCCCCCCCCCCCCCCCCCCCCC(=O)N[C@@H](CO[C@@H]1O[C@H](CO)[C@H](O)C(O)C1O)[C@H](O)CCCCCCCCCCCCCCCCC. The van der Waals surface area contributed by atoms with Crippen LogP contribution in [-0.4, -0.2) is 87.5 Å². The minimum absolute atomic E-state index is 0.131. The normalized spacial score (nSPS) is 20.0. The van der Waals surface area contributed by atoms with Gasteiger partial charge in [-0.25, -0.2) is 0 Å². The molecule has 1 rings (SSSR count). The number of hydrogen-bond acceptors (Lipinski definition) is 8. The van der Waals surface area contributed by atoms with E-state index in [2.05, 4.69) is 19.2 Å². The average Bonchev–Trinajstić information content (AvgIpc) is 3.28. The van der Waals surface area contributed by atoms with E-state index in [1.807, 2.05) is 0 Å². The average molecular weight is 898 g/mol. The standard InChI is InChI=1S/C54H107NO8/c1-3-5-7-9-11-13-15-17-19-20-21-22-23-24-25-26-27-28-30-32-34-36-38-40-42-44-50(58)55-47(46-62-54-53(61)52(60)51(59)49(45-56)63-54)48(57)43-41-39-37-35-33-31-29-18-16-14-12-10-8-6-4-2/h47-49,51-54,56-57,59-61H,3-46H2,1-2H3,(H,55,58)/t47-,48+,49+,51-,52?,53?,54+/m0/s1. The van der Waals surface area contributed by atoms with Crippen LogP contribution in [0.15, 0.2) is 0 Å². The molecule has 63 heavy (non-hydrogen) atoms. The van der Waals surface area contributed by atoms with Gasteiger partial charge in [0.1, 0.15) is 24.4 Å². The third-order valence-electron chi connectivity index (χ3n) is 13.7. The van der Waals surface area contributed by atoms with Gasteiger partial charge in [-0.3, -0.25) is 4.79 Å². The Kier molecular flexibility index (Phi) is 43.0. The number of carbonyl (C=O) groups excluding carboxylic acids is 1. The van der Waals surface area contributed by atoms with Crippen LogP contribution in [0.3, 0.4) is 0 Å². The molecule has 9 nitrogen and oxygen atoms in total. The number of carbonyl (C=O) groups is 1. The number of hydrogen-bond donors (Lipinski definition) is 6. The predicted octanol–water partition coefficient (Wildman–Crippen LogP) is 13.1. The molecule has 7 atom stereocenters. The van der Waals surface area contributed by atoms with Crippen molar-refractivity contribution in [3.63, 3.8) is 0 Å². The zero-order chi connectivity index (χ0) is 45.9. The Bertz CT molecular complexity index is 955. The molecule has 0 aromatic carbocycles. The van der Waals surface area contributed by atoms with E-state index in [0.717, 1.165) is 38.5 Å². The molecule has 0 saturated carbocycles. The van der Waals surface area contributed by atoms with Gasteiger partial charge in [-0.1, -0.05) is 264 Å². The van der Waals surface area contributed by atoms with Crippen LogP contribution in [0.5, 0.6) is 0 Å². The number of amides is 1. The third-order valence-corrected chi connectivity index (χ3v) is 13.7. The first-order chi connectivity index (χ1) is 30.8. The topological polar surface area (TPSA) is 149 Å². The van der Waals surface area contributed by atoms with Gasteiger partial charge in [-0.05, 0) is 12.8 Å². The number of ether oxygens (including phenoxy) is 2. The molecule has 1 saturated heterocycles. The first-order valence-corrected chi connectivity index (χ1v) is 27.7. The summed E-state index contributed by atoms with van der Waals surface area (Å²) in [6, 6.07) is -0.712. The Labute approximate surface area is 389 Å². The van der Waals surface area contributed by atoms with Gasteiger partial charge in [0.2, 0.25) is 5.91 Å². The summed E-state index contributed by atoms with van der Waals surface area (Å²) in [5, 5.41) is 54.6. The van der Waals surface area contributed by atoms with Crippen molar-refractivity contribution < 1.29 is 39.8 Å². The minimum atomic E-state index is -1.55. The van der Waals surface area contributed by atoms with E-state index in [0.29, 0.717) is 12.8 Å². The van der Waals surface area contributed by atoms with E-state index in [1.165, 1.54) is 218 Å². The van der Waals surface area contributed by atoms with E-state index >= 15 is 0 Å². The third kappa shape index (κ3) is 35.1. The lowest BCUT2D eigenvalue weighted by molar-refractivity contribution is -0.302. The molecule has 0 bridgehead atoms. The van der Waals surface area contributed by atoms with E-state index in [-0.39, 0.29) is 12.5 Å². The van der Waals surface area contributed by atoms with Crippen molar-refractivity contribution >= 4 is 5.91 Å². The summed E-state index contributed by atoms with van der Waals surface area (Å²) in [5.41, 5.74) is 0. The molecule has 0 aliphatic carbocycles. The fourth-order valence-corrected chi connectivity index (χ4v) is 9.28. The molecule has 1 aliphatic heterocycles. The molecule has 2 unspecified atom stereocenters. The van der Waals surface area contributed by atoms with E-state index in [9.17, 15) is 30.3 Å². The summed E-state index contributed by atoms with van der Waals surface area (Å²) < 4.78 is 11.3. The summed E-state index contributed by atoms with van der Waals surface area (Å²) in [6.45, 7) is 3.87. The second kappa shape index (κ2) is 45.0. The fraction of sp³-hybridized carbons (Fsp3) is 0.981. The molecule has 1 heterocycles. The molecule has 0 spiro atoms. The molecular formula is C54H107NO8. The molecule has 376 valence electrons. The van der Waals surface area contributed by atoms with Gasteiger partial charge in [-0.2, -0.15) is 0 Å². The summed E-state index contributed by atoms with van der Waals surface area (Å²) >= 11 is 0. The van der Waals surface area contributed by atoms with Gasteiger partial charge in [0.05, 0.1) is 25.4 Å². The highest BCUT2D eigenvalue weighted by atomic mass is 16.7. The van der Waals surface area contributed by atoms with Crippen molar-refractivity contribution in [3.8, 4) is 0 Å². The first-order valence-electron chi connectivity index (χ1n) is 27.7. The van der Waals surface area contributed by atoms with Gasteiger partial charge in [0, 0.05) is 6.42 Å². The van der Waals surface area contributed by atoms with Gasteiger partial charge >= 0.3 is 0 Å². The summed E-state index contributed by atoms with van der Waals surface area (Å²) in [6.07, 6.45) is 45.6. The molecular weight excluding hydrogens is 791 g/mol. The zero-order valence-corrected chi connectivity index (χ0v) is 41.6. The van der Waals surface area contributed by atoms with Crippen LogP contribution in [0.1, 0.15) is 284 Å². The van der Waals surface area contributed by atoms with Crippen LogP contribution in [0.25, 0.3) is 0 Å². The molecule has 6 N–H and O–H groups in total. The van der Waals surface area contributed by atoms with Crippen molar-refractivity contribution in [2.45, 2.75) is 326 Å². The Morgan fingerprint density at radius 1 is 0.476 bits per heavy atom. The van der Waals surface area contributed by atoms with Crippen LogP contribution in [0.4, 0.5) is 0 Å².